The number of H-pyrrole nitrogens is 1. The number of hydrogen-bond acceptors (Lipinski definition) is 4. The Morgan fingerprint density at radius 3 is 2.70 bits per heavy atom. The fraction of sp³-hybridized carbons (Fsp3) is 0. The van der Waals surface area contributed by atoms with Crippen LogP contribution in [0.5, 0.6) is 0 Å². The van der Waals surface area contributed by atoms with E-state index in [0.29, 0.717) is 16.7 Å². The summed E-state index contributed by atoms with van der Waals surface area (Å²) in [4.78, 5) is 20.1. The molecule has 0 amide bonds. The second-order valence-corrected chi connectivity index (χ2v) is 4.95. The first-order chi connectivity index (χ1) is 9.79. The lowest BCUT2D eigenvalue weighted by Crippen LogP contribution is -2.09. The molecule has 3 aromatic rings. The fourth-order valence-corrected chi connectivity index (χ4v) is 2.53. The van der Waals surface area contributed by atoms with Gasteiger partial charge in [-0.1, -0.05) is 30.3 Å². The molecule has 0 saturated heterocycles. The van der Waals surface area contributed by atoms with Crippen molar-refractivity contribution in [2.75, 3.05) is 0 Å². The van der Waals surface area contributed by atoms with E-state index in [9.17, 15) is 4.79 Å². The zero-order chi connectivity index (χ0) is 13.9. The van der Waals surface area contributed by atoms with Crippen molar-refractivity contribution in [1.29, 1.82) is 5.26 Å². The second kappa shape index (κ2) is 5.19. The van der Waals surface area contributed by atoms with Crippen LogP contribution in [0.4, 0.5) is 0 Å². The normalized spacial score (nSPS) is 10.3. The summed E-state index contributed by atoms with van der Waals surface area (Å²) in [6.45, 7) is 0. The molecule has 1 aromatic heterocycles. The molecule has 4 nitrogen and oxygen atoms in total. The van der Waals surface area contributed by atoms with Crippen LogP contribution in [-0.4, -0.2) is 9.97 Å². The first kappa shape index (κ1) is 12.5. The first-order valence-corrected chi connectivity index (χ1v) is 6.75. The Morgan fingerprint density at radius 2 is 1.85 bits per heavy atom. The van der Waals surface area contributed by atoms with Gasteiger partial charge < -0.3 is 4.98 Å². The number of aromatic amines is 1. The number of nitriles is 1. The van der Waals surface area contributed by atoms with Crippen molar-refractivity contribution < 1.29 is 0 Å². The zero-order valence-electron chi connectivity index (χ0n) is 10.3. The van der Waals surface area contributed by atoms with Crippen molar-refractivity contribution >= 4 is 22.7 Å². The van der Waals surface area contributed by atoms with Crippen LogP contribution in [0.1, 0.15) is 0 Å². The van der Waals surface area contributed by atoms with Crippen LogP contribution in [0.15, 0.2) is 58.2 Å². The van der Waals surface area contributed by atoms with Crippen LogP contribution in [0.2, 0.25) is 0 Å². The van der Waals surface area contributed by atoms with Crippen molar-refractivity contribution in [1.82, 2.24) is 9.97 Å². The van der Waals surface area contributed by atoms with Gasteiger partial charge in [-0.2, -0.15) is 5.26 Å². The van der Waals surface area contributed by atoms with E-state index in [2.05, 4.69) is 9.97 Å². The zero-order valence-corrected chi connectivity index (χ0v) is 11.1. The predicted octanol–water partition coefficient (Wildman–Crippen LogP) is 3.16. The molecule has 5 heteroatoms. The van der Waals surface area contributed by atoms with Crippen LogP contribution in [0, 0.1) is 10.7 Å². The molecule has 96 valence electrons. The van der Waals surface area contributed by atoms with Crippen LogP contribution in [0.3, 0.4) is 0 Å². The minimum Gasteiger partial charge on any atom is -0.306 e. The molecule has 20 heavy (non-hydrogen) atoms. The SMILES string of the molecule is N#CSc1ccccc1-c1nc2ccccc2c(=O)[nH]1. The molecular weight excluding hydrogens is 270 g/mol. The Balaban J connectivity index is 2.26. The van der Waals surface area contributed by atoms with Gasteiger partial charge in [0.15, 0.2) is 0 Å². The number of nitrogens with one attached hydrogen (secondary N) is 1. The van der Waals surface area contributed by atoms with Crippen molar-refractivity contribution in [3.8, 4) is 16.8 Å². The molecule has 0 bridgehead atoms. The minimum atomic E-state index is -0.178. The van der Waals surface area contributed by atoms with Gasteiger partial charge in [-0.05, 0) is 30.0 Å². The number of rotatable bonds is 2. The Hall–Kier alpha value is -2.58. The van der Waals surface area contributed by atoms with Gasteiger partial charge in [-0.25, -0.2) is 4.98 Å². The van der Waals surface area contributed by atoms with E-state index in [-0.39, 0.29) is 5.56 Å². The fourth-order valence-electron chi connectivity index (χ4n) is 2.01. The lowest BCUT2D eigenvalue weighted by atomic mass is 10.2. The highest BCUT2D eigenvalue weighted by Gasteiger charge is 2.09. The van der Waals surface area contributed by atoms with Gasteiger partial charge in [0.1, 0.15) is 11.2 Å². The standard InChI is InChI=1S/C15H9N3OS/c16-9-20-13-8-4-2-6-11(13)14-17-12-7-3-1-5-10(12)15(19)18-14/h1-8H,(H,17,18,19). The van der Waals surface area contributed by atoms with Crippen molar-refractivity contribution in [2.24, 2.45) is 0 Å². The molecule has 1 heterocycles. The molecule has 2 aromatic carbocycles. The summed E-state index contributed by atoms with van der Waals surface area (Å²) in [6, 6.07) is 14.6. The van der Waals surface area contributed by atoms with Crippen molar-refractivity contribution in [3.05, 3.63) is 58.9 Å². The molecular formula is C15H9N3OS. The summed E-state index contributed by atoms with van der Waals surface area (Å²) < 4.78 is 0. The number of benzene rings is 2. The van der Waals surface area contributed by atoms with Gasteiger partial charge in [0.2, 0.25) is 0 Å². The number of thiocyanates is 1. The number of aromatic nitrogens is 2. The van der Waals surface area contributed by atoms with Crippen LogP contribution in [-0.2, 0) is 0 Å². The molecule has 0 aliphatic heterocycles. The smallest absolute Gasteiger partial charge is 0.259 e. The minimum absolute atomic E-state index is 0.178. The number of hydrogen-bond donors (Lipinski definition) is 1. The Labute approximate surface area is 119 Å². The summed E-state index contributed by atoms with van der Waals surface area (Å²) >= 11 is 1.05. The highest BCUT2D eigenvalue weighted by atomic mass is 32.2. The molecule has 0 aliphatic rings. The van der Waals surface area contributed by atoms with Crippen molar-refractivity contribution in [2.45, 2.75) is 4.90 Å². The molecule has 1 N–H and O–H groups in total. The molecule has 0 atom stereocenters. The molecule has 0 radical (unpaired) electrons. The van der Waals surface area contributed by atoms with E-state index >= 15 is 0 Å². The second-order valence-electron chi connectivity index (χ2n) is 4.12. The highest BCUT2D eigenvalue weighted by Crippen LogP contribution is 2.28. The summed E-state index contributed by atoms with van der Waals surface area (Å²) in [6.07, 6.45) is 0. The van der Waals surface area contributed by atoms with Crippen LogP contribution >= 0.6 is 11.8 Å². The Kier molecular flexibility index (Phi) is 3.23. The summed E-state index contributed by atoms with van der Waals surface area (Å²) in [5, 5.41) is 11.4. The topological polar surface area (TPSA) is 69.5 Å². The summed E-state index contributed by atoms with van der Waals surface area (Å²) in [5.41, 5.74) is 1.22. The number of nitrogens with zero attached hydrogens (tertiary/aromatic N) is 2. The first-order valence-electron chi connectivity index (χ1n) is 5.94. The van der Waals surface area contributed by atoms with Gasteiger partial charge in [0.25, 0.3) is 5.56 Å². The molecule has 0 aliphatic carbocycles. The highest BCUT2D eigenvalue weighted by molar-refractivity contribution is 8.03. The third kappa shape index (κ3) is 2.17. The van der Waals surface area contributed by atoms with Gasteiger partial charge in [-0.15, -0.1) is 0 Å². The third-order valence-corrected chi connectivity index (χ3v) is 3.58. The number of thioether (sulfide) groups is 1. The average Bonchev–Trinajstić information content (AvgIpc) is 2.48. The maximum Gasteiger partial charge on any atom is 0.259 e. The monoisotopic (exact) mass is 279 g/mol. The third-order valence-electron chi connectivity index (χ3n) is 2.91. The lowest BCUT2D eigenvalue weighted by molar-refractivity contribution is 1.16. The summed E-state index contributed by atoms with van der Waals surface area (Å²) in [7, 11) is 0. The molecule has 0 saturated carbocycles. The molecule has 0 spiro atoms. The van der Waals surface area contributed by atoms with E-state index < -0.39 is 0 Å². The number of fused-ring (bicyclic) bond motifs is 1. The van der Waals surface area contributed by atoms with Crippen molar-refractivity contribution in [3.63, 3.8) is 0 Å². The Morgan fingerprint density at radius 1 is 1.10 bits per heavy atom. The van der Waals surface area contributed by atoms with E-state index in [1.54, 1.807) is 18.2 Å². The van der Waals surface area contributed by atoms with Gasteiger partial charge in [0.05, 0.1) is 10.9 Å². The average molecular weight is 279 g/mol. The number of para-hydroxylation sites is 1. The van der Waals surface area contributed by atoms with Crippen LogP contribution in [0.25, 0.3) is 22.3 Å². The van der Waals surface area contributed by atoms with E-state index in [0.717, 1.165) is 22.2 Å². The van der Waals surface area contributed by atoms with E-state index in [1.165, 1.54) is 0 Å². The van der Waals surface area contributed by atoms with E-state index in [4.69, 9.17) is 5.26 Å². The molecule has 0 unspecified atom stereocenters. The molecule has 3 rings (SSSR count). The Bertz CT molecular complexity index is 880. The quantitative estimate of drug-likeness (QED) is 0.578. The van der Waals surface area contributed by atoms with Gasteiger partial charge >= 0.3 is 0 Å². The summed E-state index contributed by atoms with van der Waals surface area (Å²) in [5.74, 6) is 0.479. The largest absolute Gasteiger partial charge is 0.306 e. The van der Waals surface area contributed by atoms with E-state index in [1.807, 2.05) is 35.7 Å². The molecule has 0 fully saturated rings. The maximum absolute atomic E-state index is 12.1. The van der Waals surface area contributed by atoms with Gasteiger partial charge in [-0.3, -0.25) is 4.79 Å². The maximum atomic E-state index is 12.1. The van der Waals surface area contributed by atoms with Gasteiger partial charge in [0, 0.05) is 10.5 Å². The van der Waals surface area contributed by atoms with Crippen LogP contribution < -0.4 is 5.56 Å². The lowest BCUT2D eigenvalue weighted by Gasteiger charge is -2.06. The predicted molar refractivity (Wildman–Crippen MR) is 79.3 cm³/mol.